The van der Waals surface area contributed by atoms with Crippen molar-refractivity contribution in [2.75, 3.05) is 12.4 Å². The Morgan fingerprint density at radius 3 is 3.12 bits per heavy atom. The summed E-state index contributed by atoms with van der Waals surface area (Å²) in [5.41, 5.74) is 2.85. The van der Waals surface area contributed by atoms with Gasteiger partial charge in [-0.1, -0.05) is 24.3 Å². The van der Waals surface area contributed by atoms with Crippen molar-refractivity contribution in [2.24, 2.45) is 0 Å². The third-order valence-electron chi connectivity index (χ3n) is 3.02. The second-order valence-electron chi connectivity index (χ2n) is 4.20. The Balaban J connectivity index is 1.97. The summed E-state index contributed by atoms with van der Waals surface area (Å²) in [7, 11) is 0. The van der Waals surface area contributed by atoms with Crippen molar-refractivity contribution in [3.63, 3.8) is 0 Å². The predicted molar refractivity (Wildman–Crippen MR) is 71.2 cm³/mol. The normalized spacial score (nSPS) is 18.5. The van der Waals surface area contributed by atoms with Gasteiger partial charge in [-0.3, -0.25) is 4.79 Å². The lowest BCUT2D eigenvalue weighted by molar-refractivity contribution is -0.139. The van der Waals surface area contributed by atoms with E-state index in [1.165, 1.54) is 30.4 Å². The van der Waals surface area contributed by atoms with Crippen LogP contribution < -0.4 is 0 Å². The third-order valence-corrected chi connectivity index (χ3v) is 4.32. The summed E-state index contributed by atoms with van der Waals surface area (Å²) in [6.45, 7) is 2.32. The standard InChI is InChI=1S/C14H18O2S/c1-2-16-14(15)10-17-13-9-5-7-11-6-3-4-8-12(11)13/h3-4,6,8,13H,2,5,7,9-10H2,1H3. The maximum Gasteiger partial charge on any atom is 0.315 e. The summed E-state index contributed by atoms with van der Waals surface area (Å²) in [5.74, 6) is 0.368. The Labute approximate surface area is 107 Å². The van der Waals surface area contributed by atoms with Crippen molar-refractivity contribution >= 4 is 17.7 Å². The fourth-order valence-corrected chi connectivity index (χ4v) is 3.42. The van der Waals surface area contributed by atoms with Gasteiger partial charge in [0, 0.05) is 5.25 Å². The molecule has 0 saturated carbocycles. The van der Waals surface area contributed by atoms with Crippen LogP contribution in [0.2, 0.25) is 0 Å². The molecule has 1 unspecified atom stereocenters. The molecular formula is C14H18O2S. The van der Waals surface area contributed by atoms with Crippen molar-refractivity contribution in [1.82, 2.24) is 0 Å². The molecule has 1 aromatic rings. The number of hydrogen-bond acceptors (Lipinski definition) is 3. The van der Waals surface area contributed by atoms with Gasteiger partial charge in [-0.05, 0) is 37.3 Å². The molecule has 1 aromatic carbocycles. The first-order valence-corrected chi connectivity index (χ1v) is 7.21. The molecular weight excluding hydrogens is 232 g/mol. The molecule has 1 aliphatic rings. The maximum atomic E-state index is 11.4. The van der Waals surface area contributed by atoms with Gasteiger partial charge in [0.05, 0.1) is 12.4 Å². The SMILES string of the molecule is CCOC(=O)CSC1CCCc2ccccc21. The van der Waals surface area contributed by atoms with E-state index >= 15 is 0 Å². The Hall–Kier alpha value is -0.960. The first kappa shape index (κ1) is 12.5. The quantitative estimate of drug-likeness (QED) is 0.766. The molecule has 1 atom stereocenters. The molecule has 0 aliphatic heterocycles. The highest BCUT2D eigenvalue weighted by Gasteiger charge is 2.20. The largest absolute Gasteiger partial charge is 0.465 e. The Bertz CT molecular complexity index is 390. The van der Waals surface area contributed by atoms with Crippen molar-refractivity contribution in [3.8, 4) is 0 Å². The van der Waals surface area contributed by atoms with Gasteiger partial charge in [0.15, 0.2) is 0 Å². The molecule has 0 N–H and O–H groups in total. The van der Waals surface area contributed by atoms with E-state index in [1.54, 1.807) is 11.8 Å². The number of esters is 1. The average Bonchev–Trinajstić information content (AvgIpc) is 2.36. The minimum absolute atomic E-state index is 0.0967. The number of fused-ring (bicyclic) bond motifs is 1. The van der Waals surface area contributed by atoms with Gasteiger partial charge in [0.1, 0.15) is 0 Å². The van der Waals surface area contributed by atoms with E-state index in [1.807, 2.05) is 6.92 Å². The summed E-state index contributed by atoms with van der Waals surface area (Å²) < 4.78 is 4.96. The van der Waals surface area contributed by atoms with Crippen molar-refractivity contribution < 1.29 is 9.53 Å². The lowest BCUT2D eigenvalue weighted by Gasteiger charge is -2.24. The Morgan fingerprint density at radius 2 is 2.29 bits per heavy atom. The number of benzene rings is 1. The summed E-state index contributed by atoms with van der Waals surface area (Å²) >= 11 is 1.71. The minimum atomic E-state index is -0.0967. The van der Waals surface area contributed by atoms with Crippen LogP contribution in [-0.4, -0.2) is 18.3 Å². The average molecular weight is 250 g/mol. The third kappa shape index (κ3) is 3.25. The van der Waals surface area contributed by atoms with Gasteiger partial charge in [-0.25, -0.2) is 0 Å². The number of aryl methyl sites for hydroxylation is 1. The molecule has 92 valence electrons. The van der Waals surface area contributed by atoms with Crippen LogP contribution in [0, 0.1) is 0 Å². The summed E-state index contributed by atoms with van der Waals surface area (Å²) in [6, 6.07) is 8.57. The summed E-state index contributed by atoms with van der Waals surface area (Å²) in [5, 5.41) is 0.462. The van der Waals surface area contributed by atoms with Gasteiger partial charge in [0.25, 0.3) is 0 Å². The second kappa shape index (κ2) is 6.10. The smallest absolute Gasteiger partial charge is 0.315 e. The van der Waals surface area contributed by atoms with Crippen LogP contribution in [0.3, 0.4) is 0 Å². The van der Waals surface area contributed by atoms with E-state index in [0.29, 0.717) is 17.6 Å². The molecule has 1 aliphatic carbocycles. The van der Waals surface area contributed by atoms with E-state index in [9.17, 15) is 4.79 Å². The fourth-order valence-electron chi connectivity index (χ4n) is 2.25. The summed E-state index contributed by atoms with van der Waals surface area (Å²) in [6.07, 6.45) is 3.56. The van der Waals surface area contributed by atoms with Crippen LogP contribution in [0.15, 0.2) is 24.3 Å². The Kier molecular flexibility index (Phi) is 4.49. The molecule has 2 nitrogen and oxygen atoms in total. The molecule has 0 bridgehead atoms. The number of hydrogen-bond donors (Lipinski definition) is 0. The zero-order chi connectivity index (χ0) is 12.1. The second-order valence-corrected chi connectivity index (χ2v) is 5.39. The van der Waals surface area contributed by atoms with Crippen LogP contribution in [0.5, 0.6) is 0 Å². The number of carbonyl (C=O) groups excluding carboxylic acids is 1. The van der Waals surface area contributed by atoms with Gasteiger partial charge in [-0.2, -0.15) is 0 Å². The van der Waals surface area contributed by atoms with Crippen molar-refractivity contribution in [3.05, 3.63) is 35.4 Å². The van der Waals surface area contributed by atoms with Crippen molar-refractivity contribution in [2.45, 2.75) is 31.4 Å². The van der Waals surface area contributed by atoms with Crippen LogP contribution in [0.25, 0.3) is 0 Å². The predicted octanol–water partition coefficient (Wildman–Crippen LogP) is 3.36. The highest BCUT2D eigenvalue weighted by atomic mass is 32.2. The van der Waals surface area contributed by atoms with E-state index in [-0.39, 0.29) is 5.97 Å². The molecule has 2 rings (SSSR count). The first-order chi connectivity index (χ1) is 8.31. The minimum Gasteiger partial charge on any atom is -0.465 e. The van der Waals surface area contributed by atoms with E-state index < -0.39 is 0 Å². The highest BCUT2D eigenvalue weighted by Crippen LogP contribution is 2.39. The number of rotatable bonds is 4. The Morgan fingerprint density at radius 1 is 1.47 bits per heavy atom. The molecule has 0 amide bonds. The molecule has 0 saturated heterocycles. The lowest BCUT2D eigenvalue weighted by atomic mass is 9.91. The number of carbonyl (C=O) groups is 1. The van der Waals surface area contributed by atoms with E-state index in [2.05, 4.69) is 24.3 Å². The van der Waals surface area contributed by atoms with Crippen LogP contribution >= 0.6 is 11.8 Å². The van der Waals surface area contributed by atoms with Gasteiger partial charge < -0.3 is 4.74 Å². The molecule has 0 fully saturated rings. The van der Waals surface area contributed by atoms with Gasteiger partial charge in [-0.15, -0.1) is 11.8 Å². The fraction of sp³-hybridized carbons (Fsp3) is 0.500. The van der Waals surface area contributed by atoms with Gasteiger partial charge >= 0.3 is 5.97 Å². The lowest BCUT2D eigenvalue weighted by Crippen LogP contribution is -2.11. The maximum absolute atomic E-state index is 11.4. The molecule has 0 aromatic heterocycles. The van der Waals surface area contributed by atoms with E-state index in [4.69, 9.17) is 4.74 Å². The van der Waals surface area contributed by atoms with Gasteiger partial charge in [0.2, 0.25) is 0 Å². The highest BCUT2D eigenvalue weighted by molar-refractivity contribution is 8.00. The van der Waals surface area contributed by atoms with Crippen LogP contribution in [-0.2, 0) is 16.0 Å². The zero-order valence-electron chi connectivity index (χ0n) is 10.1. The number of ether oxygens (including phenoxy) is 1. The molecule has 17 heavy (non-hydrogen) atoms. The molecule has 0 heterocycles. The molecule has 3 heteroatoms. The molecule has 0 radical (unpaired) electrons. The first-order valence-electron chi connectivity index (χ1n) is 6.16. The molecule has 0 spiro atoms. The monoisotopic (exact) mass is 250 g/mol. The zero-order valence-corrected chi connectivity index (χ0v) is 11.0. The van der Waals surface area contributed by atoms with Crippen molar-refractivity contribution in [1.29, 1.82) is 0 Å². The summed E-state index contributed by atoms with van der Waals surface area (Å²) in [4.78, 5) is 11.4. The number of thioether (sulfide) groups is 1. The topological polar surface area (TPSA) is 26.3 Å². The van der Waals surface area contributed by atoms with E-state index in [0.717, 1.165) is 0 Å². The van der Waals surface area contributed by atoms with Crippen LogP contribution in [0.1, 0.15) is 36.1 Å². The van der Waals surface area contributed by atoms with Crippen LogP contribution in [0.4, 0.5) is 0 Å².